The lowest BCUT2D eigenvalue weighted by Crippen LogP contribution is -2.37. The van der Waals surface area contributed by atoms with Gasteiger partial charge in [0, 0.05) is 19.6 Å². The monoisotopic (exact) mass is 440 g/mol. The van der Waals surface area contributed by atoms with E-state index in [9.17, 15) is 4.79 Å². The number of aromatic nitrogens is 4. The van der Waals surface area contributed by atoms with Crippen LogP contribution >= 0.6 is 12.4 Å². The lowest BCUT2D eigenvalue weighted by atomic mass is 9.93. The maximum Gasteiger partial charge on any atom is 0.327 e. The fourth-order valence-electron chi connectivity index (χ4n) is 4.22. The highest BCUT2D eigenvalue weighted by Gasteiger charge is 2.21. The van der Waals surface area contributed by atoms with Gasteiger partial charge in [-0.25, -0.2) is 4.79 Å². The molecule has 0 radical (unpaired) electrons. The maximum absolute atomic E-state index is 12.5. The van der Waals surface area contributed by atoms with Gasteiger partial charge in [-0.15, -0.1) is 12.4 Å². The van der Waals surface area contributed by atoms with Gasteiger partial charge >= 0.3 is 11.7 Å². The van der Waals surface area contributed by atoms with Gasteiger partial charge in [-0.05, 0) is 50.5 Å². The van der Waals surface area contributed by atoms with Gasteiger partial charge in [0.05, 0.1) is 6.61 Å². The molecule has 2 aromatic heterocycles. The number of rotatable bonds is 10. The van der Waals surface area contributed by atoms with Gasteiger partial charge in [-0.1, -0.05) is 27.2 Å². The zero-order chi connectivity index (χ0) is 20.8. The van der Waals surface area contributed by atoms with Crippen molar-refractivity contribution >= 4 is 29.4 Å². The van der Waals surface area contributed by atoms with Crippen molar-refractivity contribution in [3.63, 3.8) is 0 Å². The zero-order valence-corrected chi connectivity index (χ0v) is 19.3. The number of hydrogen-bond donors (Lipinski definition) is 2. The minimum atomic E-state index is -0.184. The normalized spacial score (nSPS) is 17.4. The third kappa shape index (κ3) is 6.35. The van der Waals surface area contributed by atoms with Crippen LogP contribution in [-0.2, 0) is 6.54 Å². The van der Waals surface area contributed by atoms with Crippen LogP contribution in [0, 0.1) is 11.8 Å². The topological polar surface area (TPSA) is 102 Å². The minimum Gasteiger partial charge on any atom is -0.463 e. The van der Waals surface area contributed by atoms with Crippen molar-refractivity contribution in [1.29, 1.82) is 0 Å². The summed E-state index contributed by atoms with van der Waals surface area (Å²) in [6.07, 6.45) is 6.57. The molecule has 1 unspecified atom stereocenters. The Bertz CT molecular complexity index is 850. The maximum atomic E-state index is 12.5. The van der Waals surface area contributed by atoms with Gasteiger partial charge in [-0.2, -0.15) is 9.97 Å². The van der Waals surface area contributed by atoms with E-state index in [0.717, 1.165) is 25.7 Å². The van der Waals surface area contributed by atoms with Crippen molar-refractivity contribution in [2.24, 2.45) is 11.8 Å². The zero-order valence-electron chi connectivity index (χ0n) is 18.5. The molecule has 1 aliphatic rings. The Morgan fingerprint density at radius 2 is 2.10 bits per heavy atom. The van der Waals surface area contributed by atoms with Crippen LogP contribution in [-0.4, -0.2) is 50.7 Å². The molecule has 0 bridgehead atoms. The number of likely N-dealkylation sites (tertiary alicyclic amines) is 1. The Hall–Kier alpha value is -1.80. The second-order valence-electron chi connectivity index (χ2n) is 8.68. The van der Waals surface area contributed by atoms with E-state index in [2.05, 4.69) is 40.6 Å². The smallest absolute Gasteiger partial charge is 0.327 e. The van der Waals surface area contributed by atoms with Crippen LogP contribution in [0.1, 0.15) is 59.3 Å². The third-order valence-corrected chi connectivity index (χ3v) is 5.58. The molecule has 2 aromatic rings. The van der Waals surface area contributed by atoms with E-state index in [-0.39, 0.29) is 29.9 Å². The molecule has 0 saturated carbocycles. The van der Waals surface area contributed by atoms with E-state index in [0.29, 0.717) is 36.2 Å². The van der Waals surface area contributed by atoms with Crippen molar-refractivity contribution in [3.8, 4) is 6.01 Å². The van der Waals surface area contributed by atoms with Crippen molar-refractivity contribution in [1.82, 2.24) is 24.4 Å². The number of halogens is 1. The Labute approximate surface area is 185 Å². The van der Waals surface area contributed by atoms with E-state index >= 15 is 0 Å². The average Bonchev–Trinajstić information content (AvgIpc) is 2.98. The molecule has 30 heavy (non-hydrogen) atoms. The molecule has 0 aromatic carbocycles. The summed E-state index contributed by atoms with van der Waals surface area (Å²) >= 11 is 0. The van der Waals surface area contributed by atoms with E-state index in [1.54, 1.807) is 4.57 Å². The summed E-state index contributed by atoms with van der Waals surface area (Å²) in [6, 6.07) is 0.243. The molecule has 3 rings (SSSR count). The molecule has 1 saturated heterocycles. The number of imidazole rings is 1. The quantitative estimate of drug-likeness (QED) is 0.548. The second-order valence-corrected chi connectivity index (χ2v) is 8.68. The number of anilines is 1. The van der Waals surface area contributed by atoms with Crippen molar-refractivity contribution in [2.75, 3.05) is 32.0 Å². The van der Waals surface area contributed by atoms with E-state index < -0.39 is 0 Å². The molecular weight excluding hydrogens is 404 g/mol. The highest BCUT2D eigenvalue weighted by Crippen LogP contribution is 2.23. The second kappa shape index (κ2) is 11.6. The number of H-pyrrole nitrogens is 1. The van der Waals surface area contributed by atoms with Gasteiger partial charge in [0.15, 0.2) is 11.5 Å². The third-order valence-electron chi connectivity index (χ3n) is 5.58. The SMILES string of the molecule is CCCCOc1nc(N)c2[nH]c(=O)n(CCCC3CCCN(CC(C)C)C3)c2n1.Cl. The van der Waals surface area contributed by atoms with Gasteiger partial charge in [0.2, 0.25) is 0 Å². The summed E-state index contributed by atoms with van der Waals surface area (Å²) in [5.74, 6) is 1.67. The van der Waals surface area contributed by atoms with Crippen LogP contribution in [0.15, 0.2) is 4.79 Å². The Morgan fingerprint density at radius 1 is 1.30 bits per heavy atom. The molecule has 3 N–H and O–H groups in total. The highest BCUT2D eigenvalue weighted by atomic mass is 35.5. The summed E-state index contributed by atoms with van der Waals surface area (Å²) in [4.78, 5) is 26.5. The first-order valence-corrected chi connectivity index (χ1v) is 11.1. The van der Waals surface area contributed by atoms with Crippen molar-refractivity contribution in [2.45, 2.75) is 65.8 Å². The average molecular weight is 441 g/mol. The number of unbranched alkanes of at least 4 members (excludes halogenated alkanes) is 1. The summed E-state index contributed by atoms with van der Waals surface area (Å²) in [5, 5.41) is 0. The molecule has 170 valence electrons. The molecule has 0 amide bonds. The first-order valence-electron chi connectivity index (χ1n) is 11.1. The number of hydrogen-bond acceptors (Lipinski definition) is 6. The van der Waals surface area contributed by atoms with Crippen LogP contribution in [0.5, 0.6) is 6.01 Å². The number of nitrogens with two attached hydrogens (primary N) is 1. The van der Waals surface area contributed by atoms with Crippen molar-refractivity contribution in [3.05, 3.63) is 10.5 Å². The number of piperidine rings is 1. The molecule has 1 aliphatic heterocycles. The van der Waals surface area contributed by atoms with Gasteiger partial charge in [-0.3, -0.25) is 4.57 Å². The molecule has 3 heterocycles. The lowest BCUT2D eigenvalue weighted by Gasteiger charge is -2.33. The molecule has 1 fully saturated rings. The Balaban J connectivity index is 0.00000320. The van der Waals surface area contributed by atoms with Crippen molar-refractivity contribution < 1.29 is 4.74 Å². The number of aryl methyl sites for hydroxylation is 1. The predicted molar refractivity (Wildman–Crippen MR) is 123 cm³/mol. The fraction of sp³-hybridized carbons (Fsp3) is 0.762. The number of ether oxygens (including phenoxy) is 1. The lowest BCUT2D eigenvalue weighted by molar-refractivity contribution is 0.151. The highest BCUT2D eigenvalue weighted by molar-refractivity contribution is 5.85. The van der Waals surface area contributed by atoms with Crippen LogP contribution in [0.3, 0.4) is 0 Å². The number of nitrogens with one attached hydrogen (secondary N) is 1. The van der Waals surface area contributed by atoms with E-state index in [1.807, 2.05) is 0 Å². The Morgan fingerprint density at radius 3 is 2.83 bits per heavy atom. The van der Waals surface area contributed by atoms with E-state index in [4.69, 9.17) is 10.5 Å². The first-order chi connectivity index (χ1) is 14.0. The minimum absolute atomic E-state index is 0. The largest absolute Gasteiger partial charge is 0.463 e. The van der Waals surface area contributed by atoms with Gasteiger partial charge in [0.1, 0.15) is 5.52 Å². The molecule has 8 nitrogen and oxygen atoms in total. The summed E-state index contributed by atoms with van der Waals surface area (Å²) < 4.78 is 7.28. The summed E-state index contributed by atoms with van der Waals surface area (Å²) in [6.45, 7) is 11.4. The van der Waals surface area contributed by atoms with Crippen LogP contribution in [0.4, 0.5) is 5.82 Å². The summed E-state index contributed by atoms with van der Waals surface area (Å²) in [5.41, 5.74) is 6.88. The van der Waals surface area contributed by atoms with E-state index in [1.165, 1.54) is 32.5 Å². The molecule has 0 spiro atoms. The number of nitrogens with zero attached hydrogens (tertiary/aromatic N) is 4. The number of fused-ring (bicyclic) bond motifs is 1. The standard InChI is InChI=1S/C21H36N6O2.ClH/c1-4-5-12-29-20-24-18(22)17-19(25-20)27(21(28)23-17)11-7-9-16-8-6-10-26(14-16)13-15(2)3;/h15-16H,4-14H2,1-3H3,(H,23,28)(H2,22,24,25);1H. The van der Waals surface area contributed by atoms with Crippen LogP contribution < -0.4 is 16.2 Å². The summed E-state index contributed by atoms with van der Waals surface area (Å²) in [7, 11) is 0. The Kier molecular flexibility index (Phi) is 9.42. The van der Waals surface area contributed by atoms with Gasteiger partial charge < -0.3 is 20.4 Å². The van der Waals surface area contributed by atoms with Gasteiger partial charge in [0.25, 0.3) is 0 Å². The van der Waals surface area contributed by atoms with Crippen LogP contribution in [0.25, 0.3) is 11.2 Å². The first kappa shape index (κ1) is 24.5. The molecule has 9 heteroatoms. The fourth-order valence-corrected chi connectivity index (χ4v) is 4.22. The van der Waals surface area contributed by atoms with Crippen LogP contribution in [0.2, 0.25) is 0 Å². The molecular formula is C21H37ClN6O2. The molecule has 0 aliphatic carbocycles. The predicted octanol–water partition coefficient (Wildman–Crippen LogP) is 3.45. The number of aromatic amines is 1. The number of nitrogen functional groups attached to an aromatic ring is 1. The molecule has 1 atom stereocenters.